The summed E-state index contributed by atoms with van der Waals surface area (Å²) in [5.74, 6) is -0.336. The quantitative estimate of drug-likeness (QED) is 0.671. The van der Waals surface area contributed by atoms with Crippen molar-refractivity contribution in [2.45, 2.75) is 26.0 Å². The summed E-state index contributed by atoms with van der Waals surface area (Å²) in [6.07, 6.45) is 1.16. The molecule has 0 aliphatic rings. The molecule has 28 heavy (non-hydrogen) atoms. The number of nitrogens with two attached hydrogens (primary N) is 1. The van der Waals surface area contributed by atoms with Gasteiger partial charge in [0.15, 0.2) is 0 Å². The third-order valence-electron chi connectivity index (χ3n) is 3.89. The van der Waals surface area contributed by atoms with Crippen molar-refractivity contribution in [2.75, 3.05) is 17.3 Å². The van der Waals surface area contributed by atoms with Crippen LogP contribution in [-0.2, 0) is 21.2 Å². The summed E-state index contributed by atoms with van der Waals surface area (Å²) in [6.45, 7) is 2.02. The van der Waals surface area contributed by atoms with Crippen LogP contribution in [0.3, 0.4) is 0 Å². The largest absolute Gasteiger partial charge is 0.489 e. The third kappa shape index (κ3) is 7.84. The highest BCUT2D eigenvalue weighted by molar-refractivity contribution is 7.90. The maximum absolute atomic E-state index is 13.2. The van der Waals surface area contributed by atoms with E-state index in [1.807, 2.05) is 0 Å². The molecule has 2 aromatic rings. The van der Waals surface area contributed by atoms with Gasteiger partial charge in [0.25, 0.3) is 0 Å². The fraction of sp³-hybridized carbons (Fsp3) is 0.316. The highest BCUT2D eigenvalue weighted by Gasteiger charge is 2.17. The molecule has 0 aliphatic carbocycles. The molecule has 0 fully saturated rings. The molecule has 1 unspecified atom stereocenters. The van der Waals surface area contributed by atoms with E-state index in [2.05, 4.69) is 5.32 Å². The molecule has 2 rings (SSSR count). The molecule has 2 aromatic carbocycles. The number of sulfone groups is 1. The molecule has 1 atom stereocenters. The van der Waals surface area contributed by atoms with Gasteiger partial charge in [-0.15, -0.1) is 12.4 Å². The van der Waals surface area contributed by atoms with Crippen LogP contribution in [0.15, 0.2) is 42.5 Å². The lowest BCUT2D eigenvalue weighted by Crippen LogP contribution is -2.37. The first-order valence-corrected chi connectivity index (χ1v) is 10.4. The number of halogens is 2. The molecular weight excluding hydrogens is 407 g/mol. The Bertz CT molecular complexity index is 922. The molecule has 0 saturated carbocycles. The maximum Gasteiger partial charge on any atom is 0.241 e. The van der Waals surface area contributed by atoms with E-state index in [-0.39, 0.29) is 37.0 Å². The zero-order valence-corrected chi connectivity index (χ0v) is 17.3. The number of amides is 1. The van der Waals surface area contributed by atoms with Gasteiger partial charge in [0.2, 0.25) is 5.91 Å². The predicted octanol–water partition coefficient (Wildman–Crippen LogP) is 2.84. The van der Waals surface area contributed by atoms with Gasteiger partial charge in [0.1, 0.15) is 28.0 Å². The Morgan fingerprint density at radius 1 is 1.25 bits per heavy atom. The average Bonchev–Trinajstić information content (AvgIpc) is 2.59. The number of anilines is 1. The van der Waals surface area contributed by atoms with Gasteiger partial charge >= 0.3 is 0 Å². The van der Waals surface area contributed by atoms with Crippen LogP contribution in [0.4, 0.5) is 10.1 Å². The minimum atomic E-state index is -3.17. The normalized spacial score (nSPS) is 12.0. The summed E-state index contributed by atoms with van der Waals surface area (Å²) in [7, 11) is -3.17. The molecule has 0 saturated heterocycles. The minimum absolute atomic E-state index is 0. The maximum atomic E-state index is 13.2. The molecular formula is C19H24ClFN2O4S. The van der Waals surface area contributed by atoms with Gasteiger partial charge in [-0.25, -0.2) is 12.8 Å². The molecule has 3 N–H and O–H groups in total. The Balaban J connectivity index is 0.00000392. The molecule has 0 aliphatic heterocycles. The van der Waals surface area contributed by atoms with E-state index in [1.165, 1.54) is 12.1 Å². The first-order valence-electron chi connectivity index (χ1n) is 8.36. The van der Waals surface area contributed by atoms with E-state index in [9.17, 15) is 17.6 Å². The standard InChI is InChI=1S/C19H23FN2O4S.ClH/c1-13-10-16(26-12-14-4-3-5-15(20)11-14)6-7-18(13)22-19(23)17(21)8-9-27(2,24)25;/h3-7,10-11,17H,8-9,12,21H2,1-2H3,(H,22,23);1H. The van der Waals surface area contributed by atoms with Crippen molar-refractivity contribution in [1.29, 1.82) is 0 Å². The van der Waals surface area contributed by atoms with Crippen molar-refractivity contribution in [3.63, 3.8) is 0 Å². The van der Waals surface area contributed by atoms with E-state index in [1.54, 1.807) is 37.3 Å². The number of nitrogens with one attached hydrogen (secondary N) is 1. The summed E-state index contributed by atoms with van der Waals surface area (Å²) in [6, 6.07) is 10.3. The van der Waals surface area contributed by atoms with Crippen LogP contribution in [0.1, 0.15) is 17.5 Å². The lowest BCUT2D eigenvalue weighted by atomic mass is 10.1. The summed E-state index contributed by atoms with van der Waals surface area (Å²) < 4.78 is 41.2. The average molecular weight is 431 g/mol. The molecule has 6 nitrogen and oxygen atoms in total. The van der Waals surface area contributed by atoms with E-state index in [0.29, 0.717) is 17.0 Å². The van der Waals surface area contributed by atoms with Crippen LogP contribution in [0.5, 0.6) is 5.75 Å². The number of hydrogen-bond acceptors (Lipinski definition) is 5. The second kappa shape index (κ2) is 10.4. The lowest BCUT2D eigenvalue weighted by Gasteiger charge is -2.14. The number of rotatable bonds is 8. The number of hydrogen-bond donors (Lipinski definition) is 2. The molecule has 154 valence electrons. The number of ether oxygens (including phenoxy) is 1. The summed E-state index contributed by atoms with van der Waals surface area (Å²) in [5.41, 5.74) is 7.78. The van der Waals surface area contributed by atoms with Gasteiger partial charge in [-0.3, -0.25) is 4.79 Å². The number of carbonyl (C=O) groups is 1. The van der Waals surface area contributed by atoms with Crippen molar-refractivity contribution < 1.29 is 22.3 Å². The molecule has 0 heterocycles. The molecule has 0 radical (unpaired) electrons. The molecule has 0 aromatic heterocycles. The second-order valence-electron chi connectivity index (χ2n) is 6.41. The number of carbonyl (C=O) groups excluding carboxylic acids is 1. The van der Waals surface area contributed by atoms with Crippen LogP contribution < -0.4 is 15.8 Å². The second-order valence-corrected chi connectivity index (χ2v) is 8.67. The van der Waals surface area contributed by atoms with Crippen molar-refractivity contribution in [1.82, 2.24) is 0 Å². The van der Waals surface area contributed by atoms with E-state index < -0.39 is 21.8 Å². The van der Waals surface area contributed by atoms with Crippen LogP contribution in [0.2, 0.25) is 0 Å². The van der Waals surface area contributed by atoms with Crippen LogP contribution in [0.25, 0.3) is 0 Å². The molecule has 0 spiro atoms. The number of benzene rings is 2. The van der Waals surface area contributed by atoms with E-state index in [4.69, 9.17) is 10.5 Å². The fourth-order valence-electron chi connectivity index (χ4n) is 2.36. The Morgan fingerprint density at radius 2 is 1.96 bits per heavy atom. The summed E-state index contributed by atoms with van der Waals surface area (Å²) in [5, 5.41) is 2.69. The lowest BCUT2D eigenvalue weighted by molar-refractivity contribution is -0.117. The van der Waals surface area contributed by atoms with Gasteiger partial charge in [0.05, 0.1) is 11.8 Å². The Hall–Kier alpha value is -2.16. The molecule has 9 heteroatoms. The molecule has 0 bridgehead atoms. The fourth-order valence-corrected chi connectivity index (χ4v) is 3.04. The monoisotopic (exact) mass is 430 g/mol. The van der Waals surface area contributed by atoms with Crippen molar-refractivity contribution in [2.24, 2.45) is 5.73 Å². The van der Waals surface area contributed by atoms with Crippen LogP contribution in [0, 0.1) is 12.7 Å². The summed E-state index contributed by atoms with van der Waals surface area (Å²) >= 11 is 0. The number of aryl methyl sites for hydroxylation is 1. The Kier molecular flexibility index (Phi) is 8.87. The van der Waals surface area contributed by atoms with Gasteiger partial charge in [-0.2, -0.15) is 0 Å². The predicted molar refractivity (Wildman–Crippen MR) is 110 cm³/mol. The summed E-state index contributed by atoms with van der Waals surface area (Å²) in [4.78, 5) is 12.1. The SMILES string of the molecule is Cc1cc(OCc2cccc(F)c2)ccc1NC(=O)C(N)CCS(C)(=O)=O.Cl. The zero-order chi connectivity index (χ0) is 20.0. The van der Waals surface area contributed by atoms with Gasteiger partial charge in [0, 0.05) is 11.9 Å². The smallest absolute Gasteiger partial charge is 0.241 e. The Morgan fingerprint density at radius 3 is 2.57 bits per heavy atom. The van der Waals surface area contributed by atoms with Crippen LogP contribution >= 0.6 is 12.4 Å². The van der Waals surface area contributed by atoms with Gasteiger partial charge < -0.3 is 15.8 Å². The first kappa shape index (κ1) is 23.9. The highest BCUT2D eigenvalue weighted by atomic mass is 35.5. The topological polar surface area (TPSA) is 98.5 Å². The molecule has 1 amide bonds. The zero-order valence-electron chi connectivity index (χ0n) is 15.6. The first-order chi connectivity index (χ1) is 12.6. The van der Waals surface area contributed by atoms with E-state index in [0.717, 1.165) is 11.8 Å². The van der Waals surface area contributed by atoms with Crippen molar-refractivity contribution in [3.05, 3.63) is 59.4 Å². The van der Waals surface area contributed by atoms with Crippen LogP contribution in [-0.4, -0.2) is 32.4 Å². The highest BCUT2D eigenvalue weighted by Crippen LogP contribution is 2.22. The van der Waals surface area contributed by atoms with E-state index >= 15 is 0 Å². The van der Waals surface area contributed by atoms with Crippen molar-refractivity contribution >= 4 is 33.8 Å². The third-order valence-corrected chi connectivity index (χ3v) is 4.86. The van der Waals surface area contributed by atoms with Gasteiger partial charge in [-0.05, 0) is 54.8 Å². The van der Waals surface area contributed by atoms with Crippen molar-refractivity contribution in [3.8, 4) is 5.75 Å². The Labute approximate surface area is 170 Å². The minimum Gasteiger partial charge on any atom is -0.489 e. The van der Waals surface area contributed by atoms with Gasteiger partial charge in [-0.1, -0.05) is 12.1 Å².